The van der Waals surface area contributed by atoms with Crippen molar-refractivity contribution in [2.24, 2.45) is 5.73 Å². The van der Waals surface area contributed by atoms with E-state index in [9.17, 15) is 14.9 Å². The fraction of sp³-hybridized carbons (Fsp3) is 0.100. The van der Waals surface area contributed by atoms with Gasteiger partial charge >= 0.3 is 5.97 Å². The first-order valence-corrected chi connectivity index (χ1v) is 4.27. The standard InChI is InChI=1S/C10H8N2O4/c11-5-1-2-7-3-4-8(10(13)14)6-9(7)12(15)16/h3-4,6H,5,11H2,(H,13,14). The van der Waals surface area contributed by atoms with Crippen LogP contribution in [-0.2, 0) is 0 Å². The van der Waals surface area contributed by atoms with Crippen LogP contribution in [0.5, 0.6) is 0 Å². The number of carboxylic acids is 1. The predicted molar refractivity (Wildman–Crippen MR) is 56.0 cm³/mol. The Balaban J connectivity index is 3.30. The van der Waals surface area contributed by atoms with Gasteiger partial charge in [-0.3, -0.25) is 10.1 Å². The number of rotatable bonds is 2. The third kappa shape index (κ3) is 2.56. The topological polar surface area (TPSA) is 106 Å². The van der Waals surface area contributed by atoms with Gasteiger partial charge in [0.25, 0.3) is 5.69 Å². The molecule has 0 saturated heterocycles. The lowest BCUT2D eigenvalue weighted by Crippen LogP contribution is -2.00. The van der Waals surface area contributed by atoms with Gasteiger partial charge in [-0.2, -0.15) is 0 Å². The van der Waals surface area contributed by atoms with Crippen molar-refractivity contribution in [2.45, 2.75) is 0 Å². The maximum atomic E-state index is 10.7. The van der Waals surface area contributed by atoms with Crippen molar-refractivity contribution in [3.8, 4) is 11.8 Å². The van der Waals surface area contributed by atoms with E-state index in [1.54, 1.807) is 0 Å². The number of nitrogens with zero attached hydrogens (tertiary/aromatic N) is 1. The summed E-state index contributed by atoms with van der Waals surface area (Å²) in [5.41, 5.74) is 4.82. The summed E-state index contributed by atoms with van der Waals surface area (Å²) in [5.74, 6) is 3.76. The summed E-state index contributed by atoms with van der Waals surface area (Å²) in [7, 11) is 0. The number of nitrogens with two attached hydrogens (primary N) is 1. The summed E-state index contributed by atoms with van der Waals surface area (Å²) in [5, 5.41) is 19.4. The van der Waals surface area contributed by atoms with E-state index in [4.69, 9.17) is 10.8 Å². The van der Waals surface area contributed by atoms with Crippen molar-refractivity contribution in [2.75, 3.05) is 6.54 Å². The second-order valence-electron chi connectivity index (χ2n) is 2.80. The minimum Gasteiger partial charge on any atom is -0.478 e. The zero-order chi connectivity index (χ0) is 12.1. The first-order valence-electron chi connectivity index (χ1n) is 4.27. The molecule has 0 radical (unpaired) electrons. The molecule has 3 N–H and O–H groups in total. The molecule has 0 amide bonds. The first-order chi connectivity index (χ1) is 7.56. The minimum absolute atomic E-state index is 0.0812. The molecular formula is C10H8N2O4. The summed E-state index contributed by atoms with van der Waals surface area (Å²) in [4.78, 5) is 20.6. The second-order valence-corrected chi connectivity index (χ2v) is 2.80. The molecule has 6 heteroatoms. The molecule has 6 nitrogen and oxygen atoms in total. The number of nitro benzene ring substituents is 1. The van der Waals surface area contributed by atoms with Crippen molar-refractivity contribution in [1.29, 1.82) is 0 Å². The van der Waals surface area contributed by atoms with Crippen LogP contribution in [-0.4, -0.2) is 22.5 Å². The van der Waals surface area contributed by atoms with Crippen LogP contribution in [0.2, 0.25) is 0 Å². The number of nitro groups is 1. The van der Waals surface area contributed by atoms with Gasteiger partial charge in [-0.15, -0.1) is 0 Å². The second kappa shape index (κ2) is 4.91. The van der Waals surface area contributed by atoms with Crippen molar-refractivity contribution < 1.29 is 14.8 Å². The molecule has 1 aromatic carbocycles. The van der Waals surface area contributed by atoms with E-state index in [0.717, 1.165) is 6.07 Å². The Morgan fingerprint density at radius 3 is 2.75 bits per heavy atom. The summed E-state index contributed by atoms with van der Waals surface area (Å²) in [6.07, 6.45) is 0. The number of benzene rings is 1. The number of hydrogen-bond donors (Lipinski definition) is 2. The smallest absolute Gasteiger partial charge is 0.335 e. The normalized spacial score (nSPS) is 9.06. The van der Waals surface area contributed by atoms with Gasteiger partial charge in [0, 0.05) is 6.07 Å². The average molecular weight is 220 g/mol. The quantitative estimate of drug-likeness (QED) is 0.431. The zero-order valence-corrected chi connectivity index (χ0v) is 8.14. The number of carbonyl (C=O) groups is 1. The van der Waals surface area contributed by atoms with Gasteiger partial charge in [0.05, 0.1) is 17.0 Å². The SMILES string of the molecule is NCC#Cc1ccc(C(=O)O)cc1[N+](=O)[O-]. The van der Waals surface area contributed by atoms with E-state index in [0.29, 0.717) is 0 Å². The summed E-state index contributed by atoms with van der Waals surface area (Å²) >= 11 is 0. The van der Waals surface area contributed by atoms with E-state index in [1.165, 1.54) is 12.1 Å². The van der Waals surface area contributed by atoms with Gasteiger partial charge in [-0.25, -0.2) is 4.79 Å². The maximum Gasteiger partial charge on any atom is 0.335 e. The Hall–Kier alpha value is -2.39. The molecule has 16 heavy (non-hydrogen) atoms. The molecule has 0 fully saturated rings. The average Bonchev–Trinajstić information content (AvgIpc) is 2.25. The molecule has 0 aliphatic heterocycles. The Bertz CT molecular complexity index is 499. The Kier molecular flexibility index (Phi) is 3.58. The van der Waals surface area contributed by atoms with Crippen LogP contribution in [0.15, 0.2) is 18.2 Å². The number of carboxylic acid groups (broad SMARTS) is 1. The highest BCUT2D eigenvalue weighted by atomic mass is 16.6. The number of aromatic carboxylic acids is 1. The van der Waals surface area contributed by atoms with Crippen LogP contribution in [0, 0.1) is 22.0 Å². The monoisotopic (exact) mass is 220 g/mol. The van der Waals surface area contributed by atoms with E-state index in [1.807, 2.05) is 0 Å². The highest BCUT2D eigenvalue weighted by Crippen LogP contribution is 2.19. The third-order valence-corrected chi connectivity index (χ3v) is 1.77. The molecular weight excluding hydrogens is 212 g/mol. The van der Waals surface area contributed by atoms with Crippen LogP contribution in [0.25, 0.3) is 0 Å². The fourth-order valence-corrected chi connectivity index (χ4v) is 1.07. The van der Waals surface area contributed by atoms with Crippen LogP contribution < -0.4 is 5.73 Å². The number of hydrogen-bond acceptors (Lipinski definition) is 4. The van der Waals surface area contributed by atoms with Crippen molar-refractivity contribution in [3.63, 3.8) is 0 Å². The molecule has 1 rings (SSSR count). The Morgan fingerprint density at radius 2 is 2.25 bits per heavy atom. The van der Waals surface area contributed by atoms with Crippen molar-refractivity contribution in [3.05, 3.63) is 39.4 Å². The lowest BCUT2D eigenvalue weighted by molar-refractivity contribution is -0.385. The first kappa shape index (κ1) is 11.7. The fourth-order valence-electron chi connectivity index (χ4n) is 1.07. The van der Waals surface area contributed by atoms with Gasteiger partial charge in [-0.05, 0) is 12.1 Å². The van der Waals surface area contributed by atoms with Gasteiger partial charge in [0.2, 0.25) is 0 Å². The van der Waals surface area contributed by atoms with Gasteiger partial charge in [0.1, 0.15) is 5.56 Å². The molecule has 0 aromatic heterocycles. The molecule has 0 heterocycles. The van der Waals surface area contributed by atoms with Crippen molar-refractivity contribution in [1.82, 2.24) is 0 Å². The van der Waals surface area contributed by atoms with Crippen LogP contribution in [0.1, 0.15) is 15.9 Å². The van der Waals surface area contributed by atoms with Crippen LogP contribution in [0.4, 0.5) is 5.69 Å². The maximum absolute atomic E-state index is 10.7. The van der Waals surface area contributed by atoms with E-state index in [-0.39, 0.29) is 23.4 Å². The third-order valence-electron chi connectivity index (χ3n) is 1.77. The minimum atomic E-state index is -1.22. The summed E-state index contributed by atoms with van der Waals surface area (Å²) < 4.78 is 0. The molecule has 0 saturated carbocycles. The largest absolute Gasteiger partial charge is 0.478 e. The van der Waals surface area contributed by atoms with Gasteiger partial charge in [-0.1, -0.05) is 11.8 Å². The summed E-state index contributed by atoms with van der Waals surface area (Å²) in [6, 6.07) is 3.53. The van der Waals surface area contributed by atoms with Crippen LogP contribution >= 0.6 is 0 Å². The highest BCUT2D eigenvalue weighted by molar-refractivity contribution is 5.88. The molecule has 0 unspecified atom stereocenters. The molecule has 0 aliphatic rings. The lowest BCUT2D eigenvalue weighted by Gasteiger charge is -1.97. The summed E-state index contributed by atoms with van der Waals surface area (Å²) in [6.45, 7) is 0.0812. The van der Waals surface area contributed by atoms with Gasteiger partial charge < -0.3 is 10.8 Å². The molecule has 0 aliphatic carbocycles. The van der Waals surface area contributed by atoms with E-state index < -0.39 is 10.9 Å². The lowest BCUT2D eigenvalue weighted by atomic mass is 10.1. The zero-order valence-electron chi connectivity index (χ0n) is 8.14. The van der Waals surface area contributed by atoms with Crippen LogP contribution in [0.3, 0.4) is 0 Å². The molecule has 82 valence electrons. The Labute approximate surface area is 90.8 Å². The molecule has 0 spiro atoms. The van der Waals surface area contributed by atoms with E-state index in [2.05, 4.69) is 11.8 Å². The Morgan fingerprint density at radius 1 is 1.56 bits per heavy atom. The highest BCUT2D eigenvalue weighted by Gasteiger charge is 2.15. The molecule has 0 atom stereocenters. The van der Waals surface area contributed by atoms with E-state index >= 15 is 0 Å². The predicted octanol–water partition coefficient (Wildman–Crippen LogP) is 0.603. The molecule has 1 aromatic rings. The molecule has 0 bridgehead atoms. The van der Waals surface area contributed by atoms with Gasteiger partial charge in [0.15, 0.2) is 0 Å². The van der Waals surface area contributed by atoms with Crippen molar-refractivity contribution >= 4 is 11.7 Å².